The van der Waals surface area contributed by atoms with Crippen molar-refractivity contribution >= 4 is 11.6 Å². The zero-order valence-corrected chi connectivity index (χ0v) is 11.3. The van der Waals surface area contributed by atoms with Crippen LogP contribution < -0.4 is 5.32 Å². The highest BCUT2D eigenvalue weighted by Crippen LogP contribution is 2.29. The molecule has 1 N–H and O–H groups in total. The van der Waals surface area contributed by atoms with Gasteiger partial charge in [-0.1, -0.05) is 23.7 Å². The van der Waals surface area contributed by atoms with E-state index in [1.54, 1.807) is 6.07 Å². The van der Waals surface area contributed by atoms with Crippen LogP contribution in [0.15, 0.2) is 18.2 Å². The molecule has 0 bridgehead atoms. The van der Waals surface area contributed by atoms with Gasteiger partial charge in [0.1, 0.15) is 5.82 Å². The van der Waals surface area contributed by atoms with Crippen LogP contribution >= 0.6 is 11.6 Å². The molecule has 1 aromatic carbocycles. The summed E-state index contributed by atoms with van der Waals surface area (Å²) in [7, 11) is 1.88. The maximum absolute atomic E-state index is 13.4. The third-order valence-electron chi connectivity index (χ3n) is 3.51. The van der Waals surface area contributed by atoms with Gasteiger partial charge >= 0.3 is 0 Å². The first-order valence-corrected chi connectivity index (χ1v) is 6.83. The summed E-state index contributed by atoms with van der Waals surface area (Å²) in [6.07, 6.45) is 4.53. The summed E-state index contributed by atoms with van der Waals surface area (Å²) in [5.74, 6) is -0.355. The van der Waals surface area contributed by atoms with Crippen molar-refractivity contribution < 1.29 is 9.13 Å². The van der Waals surface area contributed by atoms with Crippen LogP contribution in [0, 0.1) is 5.82 Å². The van der Waals surface area contributed by atoms with E-state index in [4.69, 9.17) is 16.3 Å². The molecule has 1 aliphatic rings. The van der Waals surface area contributed by atoms with Crippen LogP contribution in [0.1, 0.15) is 37.3 Å². The van der Waals surface area contributed by atoms with E-state index in [0.29, 0.717) is 6.10 Å². The number of hydrogen-bond acceptors (Lipinski definition) is 2. The van der Waals surface area contributed by atoms with Crippen molar-refractivity contribution in [2.45, 2.75) is 37.8 Å². The number of nitrogens with one attached hydrogen (secondary N) is 1. The Balaban J connectivity index is 2.00. The lowest BCUT2D eigenvalue weighted by atomic mass is 9.99. The molecule has 2 atom stereocenters. The predicted molar refractivity (Wildman–Crippen MR) is 71.4 cm³/mol. The first kappa shape index (κ1) is 13.8. The molecule has 1 fully saturated rings. The third kappa shape index (κ3) is 3.22. The molecular formula is C14H19ClFNO. The molecule has 2 nitrogen and oxygen atoms in total. The fourth-order valence-electron chi connectivity index (χ4n) is 2.47. The largest absolute Gasteiger partial charge is 0.378 e. The van der Waals surface area contributed by atoms with E-state index in [1.807, 2.05) is 13.1 Å². The average Bonchev–Trinajstić information content (AvgIpc) is 2.88. The molecule has 100 valence electrons. The van der Waals surface area contributed by atoms with Crippen LogP contribution in [0.5, 0.6) is 0 Å². The van der Waals surface area contributed by atoms with Crippen molar-refractivity contribution in [1.29, 1.82) is 0 Å². The van der Waals surface area contributed by atoms with Crippen molar-refractivity contribution in [2.75, 3.05) is 13.7 Å². The Morgan fingerprint density at radius 3 is 3.06 bits per heavy atom. The SMILES string of the molecule is CNC(CCC1CCCO1)c1cccc(F)c1Cl. The molecule has 4 heteroatoms. The number of rotatable bonds is 5. The van der Waals surface area contributed by atoms with E-state index in [0.717, 1.165) is 37.9 Å². The topological polar surface area (TPSA) is 21.3 Å². The van der Waals surface area contributed by atoms with Crippen LogP contribution in [0.2, 0.25) is 5.02 Å². The molecule has 0 spiro atoms. The van der Waals surface area contributed by atoms with E-state index >= 15 is 0 Å². The highest BCUT2D eigenvalue weighted by molar-refractivity contribution is 6.31. The Morgan fingerprint density at radius 2 is 2.39 bits per heavy atom. The van der Waals surface area contributed by atoms with E-state index in [-0.39, 0.29) is 16.9 Å². The number of benzene rings is 1. The molecule has 1 saturated heterocycles. The molecule has 0 amide bonds. The second-order valence-electron chi connectivity index (χ2n) is 4.70. The van der Waals surface area contributed by atoms with Gasteiger partial charge in [0, 0.05) is 12.6 Å². The van der Waals surface area contributed by atoms with E-state index < -0.39 is 0 Å². The van der Waals surface area contributed by atoms with Gasteiger partial charge in [-0.25, -0.2) is 4.39 Å². The summed E-state index contributed by atoms with van der Waals surface area (Å²) in [5.41, 5.74) is 0.831. The molecular weight excluding hydrogens is 253 g/mol. The standard InChI is InChI=1S/C14H19ClFNO/c1-17-13(8-7-10-4-3-9-18-10)11-5-2-6-12(16)14(11)15/h2,5-6,10,13,17H,3-4,7-9H2,1H3. The first-order valence-electron chi connectivity index (χ1n) is 6.45. The van der Waals surface area contributed by atoms with Crippen LogP contribution in [-0.2, 0) is 4.74 Å². The summed E-state index contributed by atoms with van der Waals surface area (Å²) in [6, 6.07) is 5.05. The summed E-state index contributed by atoms with van der Waals surface area (Å²) in [4.78, 5) is 0. The van der Waals surface area contributed by atoms with Crippen molar-refractivity contribution in [3.8, 4) is 0 Å². The van der Waals surface area contributed by atoms with E-state index in [2.05, 4.69) is 5.32 Å². The normalized spacial score (nSPS) is 21.2. The maximum Gasteiger partial charge on any atom is 0.142 e. The molecule has 0 saturated carbocycles. The third-order valence-corrected chi connectivity index (χ3v) is 3.91. The highest BCUT2D eigenvalue weighted by atomic mass is 35.5. The molecule has 2 unspecified atom stereocenters. The van der Waals surface area contributed by atoms with Crippen LogP contribution in [0.25, 0.3) is 0 Å². The summed E-state index contributed by atoms with van der Waals surface area (Å²) >= 11 is 6.02. The Kier molecular flexibility index (Phi) is 4.98. The highest BCUT2D eigenvalue weighted by Gasteiger charge is 2.20. The van der Waals surface area contributed by atoms with Crippen molar-refractivity contribution in [1.82, 2.24) is 5.32 Å². The Morgan fingerprint density at radius 1 is 1.56 bits per heavy atom. The van der Waals surface area contributed by atoms with Crippen LogP contribution in [-0.4, -0.2) is 19.8 Å². The average molecular weight is 272 g/mol. The van der Waals surface area contributed by atoms with Gasteiger partial charge in [-0.15, -0.1) is 0 Å². The van der Waals surface area contributed by atoms with Gasteiger partial charge in [0.05, 0.1) is 11.1 Å². The predicted octanol–water partition coefficient (Wildman–Crippen LogP) is 3.70. The number of ether oxygens (including phenoxy) is 1. The van der Waals surface area contributed by atoms with Gasteiger partial charge in [0.15, 0.2) is 0 Å². The second-order valence-corrected chi connectivity index (χ2v) is 5.07. The Bertz CT molecular complexity index is 393. The summed E-state index contributed by atoms with van der Waals surface area (Å²) in [6.45, 7) is 0.871. The first-order chi connectivity index (χ1) is 8.72. The second kappa shape index (κ2) is 6.50. The number of halogens is 2. The van der Waals surface area contributed by atoms with Gasteiger partial charge in [-0.2, -0.15) is 0 Å². The lowest BCUT2D eigenvalue weighted by Gasteiger charge is -2.20. The van der Waals surface area contributed by atoms with Gasteiger partial charge in [-0.3, -0.25) is 0 Å². The lowest BCUT2D eigenvalue weighted by molar-refractivity contribution is 0.0998. The lowest BCUT2D eigenvalue weighted by Crippen LogP contribution is -2.19. The quantitative estimate of drug-likeness (QED) is 0.882. The minimum absolute atomic E-state index is 0.0809. The molecule has 2 rings (SSSR count). The minimum Gasteiger partial charge on any atom is -0.378 e. The van der Waals surface area contributed by atoms with Crippen LogP contribution in [0.4, 0.5) is 4.39 Å². The fraction of sp³-hybridized carbons (Fsp3) is 0.571. The van der Waals surface area contributed by atoms with Gasteiger partial charge < -0.3 is 10.1 Å². The van der Waals surface area contributed by atoms with E-state index in [9.17, 15) is 4.39 Å². The molecule has 1 heterocycles. The van der Waals surface area contributed by atoms with Gasteiger partial charge in [0.25, 0.3) is 0 Å². The van der Waals surface area contributed by atoms with Gasteiger partial charge in [-0.05, 0) is 44.4 Å². The molecule has 0 aliphatic carbocycles. The van der Waals surface area contributed by atoms with Crippen molar-refractivity contribution in [3.63, 3.8) is 0 Å². The zero-order valence-electron chi connectivity index (χ0n) is 10.6. The molecule has 1 aromatic rings. The number of hydrogen-bond donors (Lipinski definition) is 1. The Labute approximate surface area is 112 Å². The minimum atomic E-state index is -0.355. The van der Waals surface area contributed by atoms with E-state index in [1.165, 1.54) is 6.07 Å². The smallest absolute Gasteiger partial charge is 0.142 e. The summed E-state index contributed by atoms with van der Waals surface area (Å²) in [5, 5.41) is 3.43. The fourth-order valence-corrected chi connectivity index (χ4v) is 2.73. The molecule has 0 radical (unpaired) electrons. The summed E-state index contributed by atoms with van der Waals surface area (Å²) < 4.78 is 19.0. The van der Waals surface area contributed by atoms with Crippen molar-refractivity contribution in [2.24, 2.45) is 0 Å². The molecule has 18 heavy (non-hydrogen) atoms. The van der Waals surface area contributed by atoms with Crippen molar-refractivity contribution in [3.05, 3.63) is 34.6 Å². The van der Waals surface area contributed by atoms with Crippen LogP contribution in [0.3, 0.4) is 0 Å². The maximum atomic E-state index is 13.4. The molecule has 0 aromatic heterocycles. The van der Waals surface area contributed by atoms with Gasteiger partial charge in [0.2, 0.25) is 0 Å². The monoisotopic (exact) mass is 271 g/mol. The Hall–Kier alpha value is -0.640. The zero-order chi connectivity index (χ0) is 13.0. The molecule has 1 aliphatic heterocycles.